The molecule has 0 fully saturated rings. The number of hydrogen-bond acceptors (Lipinski definition) is 3. The van der Waals surface area contributed by atoms with Gasteiger partial charge in [0.25, 0.3) is 5.56 Å². The standard InChI is InChI=1S/C15H15N3O2/c1-9-7-12-13(17-18-15(19)14(12)16-9)8-10-3-5-11(20-2)6-4-10/h3-7,16H,8H2,1-2H3,(H,18,19). The van der Waals surface area contributed by atoms with E-state index in [9.17, 15) is 4.79 Å². The first-order chi connectivity index (χ1) is 9.67. The van der Waals surface area contributed by atoms with Crippen LogP contribution in [0.15, 0.2) is 35.1 Å². The summed E-state index contributed by atoms with van der Waals surface area (Å²) >= 11 is 0. The van der Waals surface area contributed by atoms with Gasteiger partial charge in [0.2, 0.25) is 0 Å². The van der Waals surface area contributed by atoms with Crippen LogP contribution in [-0.2, 0) is 6.42 Å². The number of H-pyrrole nitrogens is 2. The van der Waals surface area contributed by atoms with Gasteiger partial charge >= 0.3 is 0 Å². The van der Waals surface area contributed by atoms with E-state index < -0.39 is 0 Å². The Morgan fingerprint density at radius 2 is 2.00 bits per heavy atom. The Kier molecular flexibility index (Phi) is 3.02. The molecule has 0 atom stereocenters. The average Bonchev–Trinajstić information content (AvgIpc) is 2.86. The molecule has 0 bridgehead atoms. The lowest BCUT2D eigenvalue weighted by molar-refractivity contribution is 0.414. The van der Waals surface area contributed by atoms with Crippen LogP contribution in [0.25, 0.3) is 10.9 Å². The predicted molar refractivity (Wildman–Crippen MR) is 77.3 cm³/mol. The molecule has 20 heavy (non-hydrogen) atoms. The van der Waals surface area contributed by atoms with Crippen molar-refractivity contribution in [3.05, 3.63) is 57.6 Å². The Labute approximate surface area is 115 Å². The molecule has 102 valence electrons. The fraction of sp³-hybridized carbons (Fsp3) is 0.200. The summed E-state index contributed by atoms with van der Waals surface area (Å²) in [6.45, 7) is 1.93. The third kappa shape index (κ3) is 2.18. The number of rotatable bonds is 3. The first-order valence-electron chi connectivity index (χ1n) is 6.37. The van der Waals surface area contributed by atoms with Gasteiger partial charge in [0, 0.05) is 17.5 Å². The lowest BCUT2D eigenvalue weighted by atomic mass is 10.1. The Morgan fingerprint density at radius 1 is 1.25 bits per heavy atom. The van der Waals surface area contributed by atoms with E-state index in [1.165, 1.54) is 0 Å². The number of hydrogen-bond donors (Lipinski definition) is 2. The molecule has 0 saturated carbocycles. The molecule has 0 unspecified atom stereocenters. The Hall–Kier alpha value is -2.56. The molecule has 3 aromatic rings. The molecule has 0 aliphatic heterocycles. The van der Waals surface area contributed by atoms with Gasteiger partial charge in [-0.3, -0.25) is 4.79 Å². The van der Waals surface area contributed by atoms with Crippen molar-refractivity contribution in [2.75, 3.05) is 7.11 Å². The highest BCUT2D eigenvalue weighted by atomic mass is 16.5. The van der Waals surface area contributed by atoms with E-state index in [-0.39, 0.29) is 5.56 Å². The monoisotopic (exact) mass is 269 g/mol. The molecule has 0 aliphatic rings. The number of aromatic nitrogens is 3. The number of nitrogens with zero attached hydrogens (tertiary/aromatic N) is 1. The van der Waals surface area contributed by atoms with Crippen LogP contribution in [0.3, 0.4) is 0 Å². The molecule has 3 rings (SSSR count). The van der Waals surface area contributed by atoms with E-state index in [1.807, 2.05) is 37.3 Å². The zero-order chi connectivity index (χ0) is 14.1. The number of fused-ring (bicyclic) bond motifs is 1. The summed E-state index contributed by atoms with van der Waals surface area (Å²) in [6, 6.07) is 9.78. The van der Waals surface area contributed by atoms with Gasteiger partial charge in [-0.2, -0.15) is 5.10 Å². The quantitative estimate of drug-likeness (QED) is 0.765. The van der Waals surface area contributed by atoms with E-state index in [4.69, 9.17) is 4.74 Å². The highest BCUT2D eigenvalue weighted by Crippen LogP contribution is 2.19. The van der Waals surface area contributed by atoms with Gasteiger partial charge in [0.05, 0.1) is 12.8 Å². The summed E-state index contributed by atoms with van der Waals surface area (Å²) in [6.07, 6.45) is 0.661. The number of methoxy groups -OCH3 is 1. The van der Waals surface area contributed by atoms with Gasteiger partial charge in [-0.1, -0.05) is 12.1 Å². The van der Waals surface area contributed by atoms with Crippen molar-refractivity contribution < 1.29 is 4.74 Å². The predicted octanol–water partition coefficient (Wildman–Crippen LogP) is 2.16. The molecule has 2 heterocycles. The molecule has 5 heteroatoms. The van der Waals surface area contributed by atoms with Crippen molar-refractivity contribution in [1.82, 2.24) is 15.2 Å². The van der Waals surface area contributed by atoms with Crippen LogP contribution in [0.5, 0.6) is 5.75 Å². The summed E-state index contributed by atoms with van der Waals surface area (Å²) in [5.41, 5.74) is 3.32. The summed E-state index contributed by atoms with van der Waals surface area (Å²) in [5, 5.41) is 7.58. The maximum Gasteiger partial charge on any atom is 0.288 e. The lowest BCUT2D eigenvalue weighted by Gasteiger charge is -2.04. The second-order valence-corrected chi connectivity index (χ2v) is 4.77. The molecule has 1 aromatic carbocycles. The van der Waals surface area contributed by atoms with E-state index in [0.717, 1.165) is 28.1 Å². The summed E-state index contributed by atoms with van der Waals surface area (Å²) in [5.74, 6) is 0.825. The number of nitrogens with one attached hydrogen (secondary N) is 2. The van der Waals surface area contributed by atoms with Crippen molar-refractivity contribution in [3.63, 3.8) is 0 Å². The molecule has 0 aliphatic carbocycles. The molecular weight excluding hydrogens is 254 g/mol. The first kappa shape index (κ1) is 12.5. The number of aryl methyl sites for hydroxylation is 1. The van der Waals surface area contributed by atoms with Crippen molar-refractivity contribution >= 4 is 10.9 Å². The maximum atomic E-state index is 11.7. The van der Waals surface area contributed by atoms with Crippen LogP contribution < -0.4 is 10.3 Å². The molecule has 0 spiro atoms. The molecule has 2 N–H and O–H groups in total. The largest absolute Gasteiger partial charge is 0.497 e. The minimum atomic E-state index is -0.188. The van der Waals surface area contributed by atoms with Gasteiger partial charge in [0.1, 0.15) is 11.3 Å². The second kappa shape index (κ2) is 4.85. The Morgan fingerprint density at radius 3 is 2.70 bits per heavy atom. The first-order valence-corrected chi connectivity index (χ1v) is 6.37. The van der Waals surface area contributed by atoms with Crippen LogP contribution in [0.1, 0.15) is 17.0 Å². The van der Waals surface area contributed by atoms with Gasteiger partial charge in [0.15, 0.2) is 0 Å². The maximum absolute atomic E-state index is 11.7. The fourth-order valence-electron chi connectivity index (χ4n) is 2.30. The molecule has 0 amide bonds. The van der Waals surface area contributed by atoms with Crippen molar-refractivity contribution in [2.45, 2.75) is 13.3 Å². The zero-order valence-corrected chi connectivity index (χ0v) is 11.4. The number of ether oxygens (including phenoxy) is 1. The highest BCUT2D eigenvalue weighted by Gasteiger charge is 2.09. The number of aromatic amines is 2. The van der Waals surface area contributed by atoms with Crippen LogP contribution in [-0.4, -0.2) is 22.3 Å². The van der Waals surface area contributed by atoms with Crippen LogP contribution in [0.4, 0.5) is 0 Å². The zero-order valence-electron chi connectivity index (χ0n) is 11.4. The second-order valence-electron chi connectivity index (χ2n) is 4.77. The highest BCUT2D eigenvalue weighted by molar-refractivity contribution is 5.81. The molecule has 5 nitrogen and oxygen atoms in total. The smallest absolute Gasteiger partial charge is 0.288 e. The van der Waals surface area contributed by atoms with E-state index in [0.29, 0.717) is 11.9 Å². The van der Waals surface area contributed by atoms with Crippen LogP contribution >= 0.6 is 0 Å². The fourth-order valence-corrected chi connectivity index (χ4v) is 2.30. The summed E-state index contributed by atoms with van der Waals surface area (Å²) < 4.78 is 5.14. The SMILES string of the molecule is COc1ccc(Cc2n[nH]c(=O)c3[nH]c(C)cc23)cc1. The molecular formula is C15H15N3O2. The molecule has 2 aromatic heterocycles. The van der Waals surface area contributed by atoms with Crippen molar-refractivity contribution in [2.24, 2.45) is 0 Å². The number of benzene rings is 1. The van der Waals surface area contributed by atoms with Gasteiger partial charge in [-0.25, -0.2) is 5.10 Å². The summed E-state index contributed by atoms with van der Waals surface area (Å²) in [7, 11) is 1.64. The average molecular weight is 269 g/mol. The third-order valence-corrected chi connectivity index (χ3v) is 3.31. The van der Waals surface area contributed by atoms with Crippen molar-refractivity contribution in [3.8, 4) is 5.75 Å². The lowest BCUT2D eigenvalue weighted by Crippen LogP contribution is -2.11. The van der Waals surface area contributed by atoms with E-state index in [1.54, 1.807) is 7.11 Å². The van der Waals surface area contributed by atoms with Crippen LogP contribution in [0, 0.1) is 6.92 Å². The third-order valence-electron chi connectivity index (χ3n) is 3.31. The topological polar surface area (TPSA) is 70.8 Å². The molecule has 0 saturated heterocycles. The van der Waals surface area contributed by atoms with E-state index >= 15 is 0 Å². The Balaban J connectivity index is 2.01. The summed E-state index contributed by atoms with van der Waals surface area (Å²) in [4.78, 5) is 14.8. The minimum Gasteiger partial charge on any atom is -0.497 e. The van der Waals surface area contributed by atoms with E-state index in [2.05, 4.69) is 15.2 Å². The minimum absolute atomic E-state index is 0.188. The van der Waals surface area contributed by atoms with Gasteiger partial charge in [-0.05, 0) is 30.7 Å². The Bertz CT molecular complexity index is 800. The molecule has 0 radical (unpaired) electrons. The van der Waals surface area contributed by atoms with Gasteiger partial charge in [-0.15, -0.1) is 0 Å². The van der Waals surface area contributed by atoms with Crippen LogP contribution in [0.2, 0.25) is 0 Å². The van der Waals surface area contributed by atoms with Crippen molar-refractivity contribution in [1.29, 1.82) is 0 Å². The normalized spacial score (nSPS) is 10.9. The van der Waals surface area contributed by atoms with Gasteiger partial charge < -0.3 is 9.72 Å².